The van der Waals surface area contributed by atoms with Crippen LogP contribution in [-0.4, -0.2) is 50.6 Å². The Bertz CT molecular complexity index is 1110. The van der Waals surface area contributed by atoms with Gasteiger partial charge in [0.05, 0.1) is 23.6 Å². The Balaban J connectivity index is 1.42. The van der Waals surface area contributed by atoms with E-state index in [0.29, 0.717) is 12.8 Å². The Morgan fingerprint density at radius 1 is 1.03 bits per heavy atom. The van der Waals surface area contributed by atoms with Gasteiger partial charge in [-0.2, -0.15) is 4.31 Å². The Morgan fingerprint density at radius 3 is 2.47 bits per heavy atom. The minimum Gasteiger partial charge on any atom is -0.465 e. The van der Waals surface area contributed by atoms with Crippen LogP contribution in [0.25, 0.3) is 0 Å². The fourth-order valence-corrected chi connectivity index (χ4v) is 7.02. The number of nitrogens with one attached hydrogen (secondary N) is 1. The zero-order chi connectivity index (χ0) is 22.7. The molecule has 2 aliphatic heterocycles. The third-order valence-corrected chi connectivity index (χ3v) is 9.09. The Labute approximate surface area is 192 Å². The van der Waals surface area contributed by atoms with Crippen LogP contribution in [-0.2, 0) is 19.6 Å². The number of amides is 1. The lowest BCUT2D eigenvalue weighted by molar-refractivity contribution is -0.126. The normalized spacial score (nSPS) is 19.7. The SMILES string of the molecule is COC(=O)c1ccccc1S(=O)(=O)N1CCC(C(=O)N[C@H]2CCSc3ccccc32)CC1. The first-order valence-corrected chi connectivity index (χ1v) is 13.0. The van der Waals surface area contributed by atoms with E-state index in [1.54, 1.807) is 23.9 Å². The van der Waals surface area contributed by atoms with Gasteiger partial charge >= 0.3 is 5.97 Å². The zero-order valence-corrected chi connectivity index (χ0v) is 19.5. The summed E-state index contributed by atoms with van der Waals surface area (Å²) in [6.07, 6.45) is 1.76. The summed E-state index contributed by atoms with van der Waals surface area (Å²) in [4.78, 5) is 26.1. The molecule has 0 saturated carbocycles. The molecule has 2 aliphatic rings. The number of sulfonamides is 1. The Kier molecular flexibility index (Phi) is 6.88. The topological polar surface area (TPSA) is 92.8 Å². The minimum absolute atomic E-state index is 0.00588. The molecule has 0 unspecified atom stereocenters. The predicted molar refractivity (Wildman–Crippen MR) is 122 cm³/mol. The molecule has 0 radical (unpaired) electrons. The van der Waals surface area contributed by atoms with Crippen molar-refractivity contribution < 1.29 is 22.7 Å². The van der Waals surface area contributed by atoms with E-state index in [4.69, 9.17) is 4.74 Å². The highest BCUT2D eigenvalue weighted by Crippen LogP contribution is 2.36. The van der Waals surface area contributed by atoms with Crippen LogP contribution in [0.3, 0.4) is 0 Å². The van der Waals surface area contributed by atoms with Crippen molar-refractivity contribution in [3.8, 4) is 0 Å². The third kappa shape index (κ3) is 4.55. The van der Waals surface area contributed by atoms with E-state index >= 15 is 0 Å². The molecular weight excluding hydrogens is 448 g/mol. The average Bonchev–Trinajstić information content (AvgIpc) is 2.84. The van der Waals surface area contributed by atoms with Crippen molar-refractivity contribution in [3.05, 3.63) is 59.7 Å². The number of nitrogens with zero attached hydrogens (tertiary/aromatic N) is 1. The van der Waals surface area contributed by atoms with Gasteiger partial charge in [0, 0.05) is 29.7 Å². The number of fused-ring (bicyclic) bond motifs is 1. The molecule has 2 aromatic rings. The van der Waals surface area contributed by atoms with Crippen LogP contribution in [0.5, 0.6) is 0 Å². The lowest BCUT2D eigenvalue weighted by Gasteiger charge is -2.32. The van der Waals surface area contributed by atoms with E-state index in [1.165, 1.54) is 28.4 Å². The second-order valence-electron chi connectivity index (χ2n) is 7.90. The Hall–Kier alpha value is -2.36. The van der Waals surface area contributed by atoms with Gasteiger partial charge in [0.1, 0.15) is 0 Å². The zero-order valence-electron chi connectivity index (χ0n) is 17.8. The van der Waals surface area contributed by atoms with Gasteiger partial charge in [-0.15, -0.1) is 11.8 Å². The van der Waals surface area contributed by atoms with E-state index in [-0.39, 0.29) is 41.4 Å². The highest BCUT2D eigenvalue weighted by Gasteiger charge is 2.35. The molecule has 4 rings (SSSR count). The summed E-state index contributed by atoms with van der Waals surface area (Å²) in [5, 5.41) is 3.18. The number of hydrogen-bond donors (Lipinski definition) is 1. The highest BCUT2D eigenvalue weighted by atomic mass is 32.2. The first kappa shape index (κ1) is 22.8. The second-order valence-corrected chi connectivity index (χ2v) is 10.9. The quantitative estimate of drug-likeness (QED) is 0.669. The summed E-state index contributed by atoms with van der Waals surface area (Å²) in [6.45, 7) is 0.458. The van der Waals surface area contributed by atoms with Crippen LogP contribution >= 0.6 is 11.8 Å². The van der Waals surface area contributed by atoms with Gasteiger partial charge in [0.15, 0.2) is 0 Å². The van der Waals surface area contributed by atoms with Crippen LogP contribution in [0, 0.1) is 5.92 Å². The fourth-order valence-electron chi connectivity index (χ4n) is 4.25. The highest BCUT2D eigenvalue weighted by molar-refractivity contribution is 7.99. The lowest BCUT2D eigenvalue weighted by atomic mass is 9.95. The summed E-state index contributed by atoms with van der Waals surface area (Å²) in [6, 6.07) is 14.2. The second kappa shape index (κ2) is 9.64. The van der Waals surface area contributed by atoms with E-state index in [0.717, 1.165) is 17.7 Å². The van der Waals surface area contributed by atoms with Crippen molar-refractivity contribution in [2.45, 2.75) is 35.1 Å². The van der Waals surface area contributed by atoms with Crippen LogP contribution in [0.1, 0.15) is 41.2 Å². The van der Waals surface area contributed by atoms with Crippen molar-refractivity contribution in [2.75, 3.05) is 26.0 Å². The number of benzene rings is 2. The number of methoxy groups -OCH3 is 1. The molecule has 32 heavy (non-hydrogen) atoms. The summed E-state index contributed by atoms with van der Waals surface area (Å²) in [5.74, 6) is 0.00486. The number of ether oxygens (including phenoxy) is 1. The van der Waals surface area contributed by atoms with Crippen molar-refractivity contribution in [1.29, 1.82) is 0 Å². The van der Waals surface area contributed by atoms with E-state index in [2.05, 4.69) is 17.4 Å². The number of esters is 1. The van der Waals surface area contributed by atoms with Crippen LogP contribution < -0.4 is 5.32 Å². The first-order valence-electron chi connectivity index (χ1n) is 10.6. The van der Waals surface area contributed by atoms with Crippen molar-refractivity contribution in [3.63, 3.8) is 0 Å². The molecule has 1 N–H and O–H groups in total. The molecule has 1 saturated heterocycles. The maximum absolute atomic E-state index is 13.2. The third-order valence-electron chi connectivity index (χ3n) is 6.01. The number of hydrogen-bond acceptors (Lipinski definition) is 6. The molecule has 1 atom stereocenters. The standard InChI is InChI=1S/C23H26N2O5S2/c1-30-23(27)18-7-3-5-9-21(18)32(28,29)25-13-10-16(11-14-25)22(26)24-19-12-15-31-20-8-4-2-6-17(19)20/h2-9,16,19H,10-15H2,1H3,(H,24,26)/t19-/m0/s1. The summed E-state index contributed by atoms with van der Waals surface area (Å²) >= 11 is 1.80. The molecule has 1 amide bonds. The fraction of sp³-hybridized carbons (Fsp3) is 0.391. The molecule has 0 aromatic heterocycles. The van der Waals surface area contributed by atoms with Crippen LogP contribution in [0.4, 0.5) is 0 Å². The maximum Gasteiger partial charge on any atom is 0.339 e. The summed E-state index contributed by atoms with van der Waals surface area (Å²) in [5.41, 5.74) is 1.17. The summed E-state index contributed by atoms with van der Waals surface area (Å²) in [7, 11) is -2.64. The maximum atomic E-state index is 13.2. The molecule has 0 bridgehead atoms. The lowest BCUT2D eigenvalue weighted by Crippen LogP contribution is -2.44. The largest absolute Gasteiger partial charge is 0.465 e. The molecule has 2 heterocycles. The minimum atomic E-state index is -3.87. The molecule has 2 aromatic carbocycles. The van der Waals surface area contributed by atoms with E-state index in [1.807, 2.05) is 12.1 Å². The first-order chi connectivity index (χ1) is 15.4. The summed E-state index contributed by atoms with van der Waals surface area (Å²) < 4.78 is 32.4. The average molecular weight is 475 g/mol. The van der Waals surface area contributed by atoms with Gasteiger partial charge in [-0.1, -0.05) is 30.3 Å². The van der Waals surface area contributed by atoms with E-state index < -0.39 is 16.0 Å². The number of rotatable bonds is 5. The number of carbonyl (C=O) groups excluding carboxylic acids is 2. The molecular formula is C23H26N2O5S2. The van der Waals surface area contributed by atoms with Gasteiger partial charge < -0.3 is 10.1 Å². The smallest absolute Gasteiger partial charge is 0.339 e. The molecule has 1 fully saturated rings. The van der Waals surface area contributed by atoms with Gasteiger partial charge in [-0.3, -0.25) is 4.79 Å². The molecule has 9 heteroatoms. The number of piperidine rings is 1. The molecule has 0 aliphatic carbocycles. The van der Waals surface area contributed by atoms with Crippen molar-refractivity contribution in [1.82, 2.24) is 9.62 Å². The van der Waals surface area contributed by atoms with Gasteiger partial charge in [0.2, 0.25) is 15.9 Å². The van der Waals surface area contributed by atoms with Gasteiger partial charge in [0.25, 0.3) is 0 Å². The predicted octanol–water partition coefficient (Wildman–Crippen LogP) is 3.23. The Morgan fingerprint density at radius 2 is 1.72 bits per heavy atom. The number of carbonyl (C=O) groups is 2. The van der Waals surface area contributed by atoms with Crippen molar-refractivity contribution >= 4 is 33.7 Å². The molecule has 7 nitrogen and oxygen atoms in total. The van der Waals surface area contributed by atoms with Gasteiger partial charge in [-0.25, -0.2) is 13.2 Å². The molecule has 170 valence electrons. The van der Waals surface area contributed by atoms with Crippen LogP contribution in [0.15, 0.2) is 58.3 Å². The monoisotopic (exact) mass is 474 g/mol. The van der Waals surface area contributed by atoms with Crippen molar-refractivity contribution in [2.24, 2.45) is 5.92 Å². The van der Waals surface area contributed by atoms with E-state index in [9.17, 15) is 18.0 Å². The van der Waals surface area contributed by atoms with Gasteiger partial charge in [-0.05, 0) is 43.0 Å². The molecule has 0 spiro atoms. The van der Waals surface area contributed by atoms with Crippen LogP contribution in [0.2, 0.25) is 0 Å². The number of thioether (sulfide) groups is 1.